The number of nitrogens with zero attached hydrogens (tertiary/aromatic N) is 2. The van der Waals surface area contributed by atoms with Crippen molar-refractivity contribution in [2.75, 3.05) is 0 Å². The standard InChI is InChI=1S/C17H31N3/c1-20-14-13-17(19-20)15-18-16-11-9-7-5-3-2-4-6-8-10-12-16/h13-14,16,18H,2-12,15H2,1H3. The van der Waals surface area contributed by atoms with Crippen molar-refractivity contribution in [1.82, 2.24) is 15.1 Å². The molecule has 114 valence electrons. The van der Waals surface area contributed by atoms with Crippen LogP contribution in [0.4, 0.5) is 0 Å². The van der Waals surface area contributed by atoms with Gasteiger partial charge in [0.2, 0.25) is 0 Å². The zero-order chi connectivity index (χ0) is 14.0. The fraction of sp³-hybridized carbons (Fsp3) is 0.824. The van der Waals surface area contributed by atoms with E-state index in [0.717, 1.165) is 6.54 Å². The highest BCUT2D eigenvalue weighted by atomic mass is 15.3. The lowest BCUT2D eigenvalue weighted by atomic mass is 9.98. The Balaban J connectivity index is 1.73. The van der Waals surface area contributed by atoms with Crippen molar-refractivity contribution in [2.24, 2.45) is 7.05 Å². The molecule has 0 aliphatic heterocycles. The van der Waals surface area contributed by atoms with Gasteiger partial charge in [0.15, 0.2) is 0 Å². The van der Waals surface area contributed by atoms with E-state index in [1.165, 1.54) is 76.3 Å². The second kappa shape index (κ2) is 9.17. The Labute approximate surface area is 124 Å². The van der Waals surface area contributed by atoms with Crippen LogP contribution < -0.4 is 5.32 Å². The third-order valence-corrected chi connectivity index (χ3v) is 4.45. The van der Waals surface area contributed by atoms with E-state index < -0.39 is 0 Å². The fourth-order valence-electron chi connectivity index (χ4n) is 3.17. The molecule has 1 fully saturated rings. The molecule has 0 amide bonds. The van der Waals surface area contributed by atoms with Crippen LogP contribution in [-0.4, -0.2) is 15.8 Å². The lowest BCUT2D eigenvalue weighted by Crippen LogP contribution is -2.29. The third-order valence-electron chi connectivity index (χ3n) is 4.45. The molecule has 1 aliphatic rings. The average molecular weight is 277 g/mol. The Morgan fingerprint density at radius 1 is 1.00 bits per heavy atom. The molecule has 0 radical (unpaired) electrons. The molecular formula is C17H31N3. The summed E-state index contributed by atoms with van der Waals surface area (Å²) in [5, 5.41) is 8.18. The molecule has 0 spiro atoms. The molecule has 2 rings (SSSR count). The molecule has 0 saturated heterocycles. The van der Waals surface area contributed by atoms with Crippen molar-refractivity contribution in [3.05, 3.63) is 18.0 Å². The topological polar surface area (TPSA) is 29.9 Å². The predicted octanol–water partition coefficient (Wildman–Crippen LogP) is 4.18. The molecule has 0 aromatic carbocycles. The molecule has 1 aliphatic carbocycles. The van der Waals surface area contributed by atoms with E-state index in [4.69, 9.17) is 0 Å². The second-order valence-electron chi connectivity index (χ2n) is 6.32. The Hall–Kier alpha value is -0.830. The normalized spacial score (nSPS) is 20.2. The van der Waals surface area contributed by atoms with Crippen molar-refractivity contribution in [3.8, 4) is 0 Å². The molecule has 1 N–H and O–H groups in total. The van der Waals surface area contributed by atoms with Crippen LogP contribution in [0.15, 0.2) is 12.3 Å². The second-order valence-corrected chi connectivity index (χ2v) is 6.32. The highest BCUT2D eigenvalue weighted by Gasteiger charge is 2.09. The highest BCUT2D eigenvalue weighted by Crippen LogP contribution is 2.17. The first-order chi connectivity index (χ1) is 9.84. The summed E-state index contributed by atoms with van der Waals surface area (Å²) in [6.07, 6.45) is 17.6. The number of aromatic nitrogens is 2. The number of nitrogens with one attached hydrogen (secondary N) is 1. The molecule has 3 nitrogen and oxygen atoms in total. The molecule has 1 aromatic rings. The number of rotatable bonds is 3. The van der Waals surface area contributed by atoms with E-state index in [9.17, 15) is 0 Å². The number of hydrogen-bond donors (Lipinski definition) is 1. The summed E-state index contributed by atoms with van der Waals surface area (Å²) < 4.78 is 1.89. The summed E-state index contributed by atoms with van der Waals surface area (Å²) in [4.78, 5) is 0. The van der Waals surface area contributed by atoms with Gasteiger partial charge in [0.25, 0.3) is 0 Å². The summed E-state index contributed by atoms with van der Waals surface area (Å²) in [7, 11) is 1.99. The molecule has 3 heteroatoms. The van der Waals surface area contributed by atoms with Crippen molar-refractivity contribution in [1.29, 1.82) is 0 Å². The smallest absolute Gasteiger partial charge is 0.0762 e. The number of aryl methyl sites for hydroxylation is 1. The van der Waals surface area contributed by atoms with Crippen LogP contribution in [0.1, 0.15) is 76.3 Å². The Morgan fingerprint density at radius 2 is 1.55 bits per heavy atom. The third kappa shape index (κ3) is 6.08. The van der Waals surface area contributed by atoms with Crippen LogP contribution in [0, 0.1) is 0 Å². The van der Waals surface area contributed by atoms with Gasteiger partial charge >= 0.3 is 0 Å². The first-order valence-electron chi connectivity index (χ1n) is 8.56. The Kier molecular flexibility index (Phi) is 7.13. The van der Waals surface area contributed by atoms with Crippen LogP contribution in [0.5, 0.6) is 0 Å². The predicted molar refractivity (Wildman–Crippen MR) is 84.6 cm³/mol. The van der Waals surface area contributed by atoms with Crippen molar-refractivity contribution < 1.29 is 0 Å². The van der Waals surface area contributed by atoms with Crippen LogP contribution in [0.2, 0.25) is 0 Å². The van der Waals surface area contributed by atoms with E-state index in [-0.39, 0.29) is 0 Å². The maximum Gasteiger partial charge on any atom is 0.0762 e. The van der Waals surface area contributed by atoms with E-state index in [0.29, 0.717) is 6.04 Å². The van der Waals surface area contributed by atoms with E-state index in [2.05, 4.69) is 16.5 Å². The van der Waals surface area contributed by atoms with Crippen molar-refractivity contribution >= 4 is 0 Å². The van der Waals surface area contributed by atoms with Gasteiger partial charge in [0.05, 0.1) is 5.69 Å². The maximum absolute atomic E-state index is 4.45. The van der Waals surface area contributed by atoms with Crippen molar-refractivity contribution in [2.45, 2.75) is 83.2 Å². The summed E-state index contributed by atoms with van der Waals surface area (Å²) in [5.74, 6) is 0. The maximum atomic E-state index is 4.45. The highest BCUT2D eigenvalue weighted by molar-refractivity contribution is 4.98. The molecule has 1 heterocycles. The van der Waals surface area contributed by atoms with Crippen LogP contribution in [-0.2, 0) is 13.6 Å². The SMILES string of the molecule is Cn1ccc(CNC2CCCCCCCCCCC2)n1. The molecule has 20 heavy (non-hydrogen) atoms. The molecule has 1 aromatic heterocycles. The summed E-state index contributed by atoms with van der Waals surface area (Å²) >= 11 is 0. The Morgan fingerprint density at radius 3 is 2.05 bits per heavy atom. The van der Waals surface area contributed by atoms with E-state index >= 15 is 0 Å². The van der Waals surface area contributed by atoms with Gasteiger partial charge in [-0.05, 0) is 18.9 Å². The largest absolute Gasteiger partial charge is 0.308 e. The zero-order valence-electron chi connectivity index (χ0n) is 13.1. The monoisotopic (exact) mass is 277 g/mol. The van der Waals surface area contributed by atoms with E-state index in [1.54, 1.807) is 0 Å². The van der Waals surface area contributed by atoms with Gasteiger partial charge in [0.1, 0.15) is 0 Å². The lowest BCUT2D eigenvalue weighted by Gasteiger charge is -2.19. The van der Waals surface area contributed by atoms with Crippen molar-refractivity contribution in [3.63, 3.8) is 0 Å². The lowest BCUT2D eigenvalue weighted by molar-refractivity contribution is 0.401. The van der Waals surface area contributed by atoms with Gasteiger partial charge in [-0.25, -0.2) is 0 Å². The van der Waals surface area contributed by atoms with E-state index in [1.807, 2.05) is 17.9 Å². The molecule has 0 atom stereocenters. The zero-order valence-corrected chi connectivity index (χ0v) is 13.1. The molecular weight excluding hydrogens is 246 g/mol. The average Bonchev–Trinajstić information content (AvgIpc) is 2.84. The quantitative estimate of drug-likeness (QED) is 0.898. The van der Waals surface area contributed by atoms with Gasteiger partial charge in [-0.3, -0.25) is 4.68 Å². The minimum atomic E-state index is 0.691. The number of hydrogen-bond acceptors (Lipinski definition) is 2. The minimum Gasteiger partial charge on any atom is -0.308 e. The minimum absolute atomic E-state index is 0.691. The summed E-state index contributed by atoms with van der Waals surface area (Å²) in [6.45, 7) is 0.922. The summed E-state index contributed by atoms with van der Waals surface area (Å²) in [6, 6.07) is 2.80. The summed E-state index contributed by atoms with van der Waals surface area (Å²) in [5.41, 5.74) is 1.17. The van der Waals surface area contributed by atoms with Gasteiger partial charge < -0.3 is 5.32 Å². The van der Waals surface area contributed by atoms with Crippen LogP contribution in [0.3, 0.4) is 0 Å². The first-order valence-corrected chi connectivity index (χ1v) is 8.56. The molecule has 0 unspecified atom stereocenters. The fourth-order valence-corrected chi connectivity index (χ4v) is 3.17. The molecule has 0 bridgehead atoms. The van der Waals surface area contributed by atoms with Gasteiger partial charge in [0, 0.05) is 25.8 Å². The van der Waals surface area contributed by atoms with Gasteiger partial charge in [-0.15, -0.1) is 0 Å². The van der Waals surface area contributed by atoms with Gasteiger partial charge in [-0.1, -0.05) is 57.8 Å². The van der Waals surface area contributed by atoms with Crippen LogP contribution in [0.25, 0.3) is 0 Å². The first kappa shape index (κ1) is 15.6. The van der Waals surface area contributed by atoms with Crippen LogP contribution >= 0.6 is 0 Å². The molecule has 1 saturated carbocycles. The Bertz CT molecular complexity index is 347. The van der Waals surface area contributed by atoms with Gasteiger partial charge in [-0.2, -0.15) is 5.10 Å².